The van der Waals surface area contributed by atoms with Crippen molar-refractivity contribution in [3.05, 3.63) is 33.7 Å². The van der Waals surface area contributed by atoms with E-state index >= 15 is 0 Å². The first kappa shape index (κ1) is 14.5. The first-order valence-electron chi connectivity index (χ1n) is 7.25. The van der Waals surface area contributed by atoms with Crippen molar-refractivity contribution in [1.82, 2.24) is 5.32 Å². The average molecular weight is 275 g/mol. The second-order valence-electron chi connectivity index (χ2n) is 5.81. The van der Waals surface area contributed by atoms with E-state index in [4.69, 9.17) is 0 Å². The topological polar surface area (TPSA) is 12.0 Å². The summed E-state index contributed by atoms with van der Waals surface area (Å²) in [5.74, 6) is 0.708. The van der Waals surface area contributed by atoms with Crippen LogP contribution in [0.2, 0.25) is 0 Å². The van der Waals surface area contributed by atoms with Gasteiger partial charge in [0.15, 0.2) is 0 Å². The summed E-state index contributed by atoms with van der Waals surface area (Å²) in [5, 5.41) is 4.96. The van der Waals surface area contributed by atoms with Crippen LogP contribution in [-0.2, 0) is 13.0 Å². The third-order valence-electron chi connectivity index (χ3n) is 3.64. The molecular formula is C17H25NS. The maximum Gasteiger partial charge on any atom is 0.0351 e. The number of thiophene rings is 1. The van der Waals surface area contributed by atoms with Crippen LogP contribution in [0.15, 0.2) is 12.1 Å². The fraction of sp³-hybridized carbons (Fsp3) is 0.529. The van der Waals surface area contributed by atoms with E-state index in [2.05, 4.69) is 52.1 Å². The van der Waals surface area contributed by atoms with Gasteiger partial charge >= 0.3 is 0 Å². The van der Waals surface area contributed by atoms with E-state index in [0.717, 1.165) is 13.1 Å². The van der Waals surface area contributed by atoms with Gasteiger partial charge in [-0.25, -0.2) is 0 Å². The fourth-order valence-corrected chi connectivity index (χ4v) is 3.75. The molecule has 1 N–H and O–H groups in total. The highest BCUT2D eigenvalue weighted by Crippen LogP contribution is 2.34. The smallest absolute Gasteiger partial charge is 0.0351 e. The molecule has 0 saturated heterocycles. The molecule has 0 fully saturated rings. The molecule has 0 aliphatic heterocycles. The van der Waals surface area contributed by atoms with Crippen LogP contribution in [0, 0.1) is 19.8 Å². The minimum Gasteiger partial charge on any atom is -0.312 e. The number of benzene rings is 1. The van der Waals surface area contributed by atoms with Gasteiger partial charge in [0.25, 0.3) is 0 Å². The Morgan fingerprint density at radius 3 is 2.47 bits per heavy atom. The molecule has 19 heavy (non-hydrogen) atoms. The maximum atomic E-state index is 3.48. The predicted molar refractivity (Wildman–Crippen MR) is 87.2 cm³/mol. The minimum atomic E-state index is 0.708. The summed E-state index contributed by atoms with van der Waals surface area (Å²) >= 11 is 1.97. The Hall–Kier alpha value is -0.860. The lowest BCUT2D eigenvalue weighted by molar-refractivity contribution is 0.641. The Morgan fingerprint density at radius 1 is 1.16 bits per heavy atom. The lowest BCUT2D eigenvalue weighted by Gasteiger charge is -2.08. The zero-order chi connectivity index (χ0) is 14.0. The van der Waals surface area contributed by atoms with Gasteiger partial charge in [0, 0.05) is 16.1 Å². The Bertz CT molecular complexity index is 566. The highest BCUT2D eigenvalue weighted by molar-refractivity contribution is 7.19. The largest absolute Gasteiger partial charge is 0.312 e. The Labute approximate surface area is 121 Å². The summed E-state index contributed by atoms with van der Waals surface area (Å²) in [6.45, 7) is 13.3. The van der Waals surface area contributed by atoms with Gasteiger partial charge in [0.2, 0.25) is 0 Å². The number of aryl methyl sites for hydroxylation is 2. The third kappa shape index (κ3) is 3.18. The van der Waals surface area contributed by atoms with E-state index in [9.17, 15) is 0 Å². The average Bonchev–Trinajstić information content (AvgIpc) is 2.65. The van der Waals surface area contributed by atoms with Gasteiger partial charge in [0.05, 0.1) is 0 Å². The Kier molecular flexibility index (Phi) is 4.64. The predicted octanol–water partition coefficient (Wildman–Crippen LogP) is 4.83. The number of fused-ring (bicyclic) bond motifs is 1. The first-order valence-corrected chi connectivity index (χ1v) is 8.06. The summed E-state index contributed by atoms with van der Waals surface area (Å²) in [6.07, 6.45) is 1.18. The molecule has 0 atom stereocenters. The molecule has 0 aliphatic carbocycles. The molecule has 2 heteroatoms. The van der Waals surface area contributed by atoms with E-state index in [1.165, 1.54) is 32.5 Å². The van der Waals surface area contributed by atoms with Crippen LogP contribution >= 0.6 is 11.3 Å². The SMILES string of the molecule is CCNCc1sc2cc(C)c(C)cc2c1CC(C)C. The fourth-order valence-electron chi connectivity index (χ4n) is 2.47. The lowest BCUT2D eigenvalue weighted by Crippen LogP contribution is -2.12. The molecule has 0 radical (unpaired) electrons. The molecule has 2 aromatic rings. The van der Waals surface area contributed by atoms with Gasteiger partial charge in [-0.2, -0.15) is 0 Å². The second-order valence-corrected chi connectivity index (χ2v) is 6.95. The van der Waals surface area contributed by atoms with Crippen molar-refractivity contribution < 1.29 is 0 Å². The number of hydrogen-bond donors (Lipinski definition) is 1. The lowest BCUT2D eigenvalue weighted by atomic mass is 9.97. The van der Waals surface area contributed by atoms with E-state index in [-0.39, 0.29) is 0 Å². The van der Waals surface area contributed by atoms with Gasteiger partial charge in [0.1, 0.15) is 0 Å². The van der Waals surface area contributed by atoms with Crippen molar-refractivity contribution in [3.63, 3.8) is 0 Å². The normalized spacial score (nSPS) is 11.7. The zero-order valence-electron chi connectivity index (χ0n) is 12.8. The molecule has 0 spiro atoms. The van der Waals surface area contributed by atoms with Gasteiger partial charge < -0.3 is 5.32 Å². The summed E-state index contributed by atoms with van der Waals surface area (Å²) in [4.78, 5) is 1.52. The monoisotopic (exact) mass is 275 g/mol. The molecule has 2 rings (SSSR count). The molecule has 0 unspecified atom stereocenters. The summed E-state index contributed by atoms with van der Waals surface area (Å²) in [6, 6.07) is 4.74. The van der Waals surface area contributed by atoms with Gasteiger partial charge in [-0.3, -0.25) is 0 Å². The van der Waals surface area contributed by atoms with Gasteiger partial charge in [-0.15, -0.1) is 11.3 Å². The molecule has 0 saturated carbocycles. The van der Waals surface area contributed by atoms with Crippen LogP contribution in [0.1, 0.15) is 42.3 Å². The molecule has 1 aromatic carbocycles. The summed E-state index contributed by atoms with van der Waals surface area (Å²) in [5.41, 5.74) is 4.38. The van der Waals surface area contributed by atoms with Crippen LogP contribution in [0.3, 0.4) is 0 Å². The molecule has 0 aliphatic rings. The standard InChI is InChI=1S/C17H25NS/c1-6-18-10-17-14(7-11(2)3)15-8-12(4)13(5)9-16(15)19-17/h8-9,11,18H,6-7,10H2,1-5H3. The summed E-state index contributed by atoms with van der Waals surface area (Å²) in [7, 11) is 0. The Morgan fingerprint density at radius 2 is 1.84 bits per heavy atom. The molecule has 1 nitrogen and oxygen atoms in total. The van der Waals surface area contributed by atoms with E-state index in [1.54, 1.807) is 5.56 Å². The van der Waals surface area contributed by atoms with E-state index < -0.39 is 0 Å². The molecule has 0 amide bonds. The van der Waals surface area contributed by atoms with Crippen molar-refractivity contribution in [2.75, 3.05) is 6.54 Å². The first-order chi connectivity index (χ1) is 9.02. The van der Waals surface area contributed by atoms with Crippen LogP contribution in [-0.4, -0.2) is 6.54 Å². The highest BCUT2D eigenvalue weighted by Gasteiger charge is 2.14. The van der Waals surface area contributed by atoms with E-state index in [1.807, 2.05) is 11.3 Å². The van der Waals surface area contributed by atoms with Crippen LogP contribution in [0.5, 0.6) is 0 Å². The number of rotatable bonds is 5. The molecule has 1 aromatic heterocycles. The van der Waals surface area contributed by atoms with Crippen molar-refractivity contribution in [3.8, 4) is 0 Å². The second kappa shape index (κ2) is 6.06. The minimum absolute atomic E-state index is 0.708. The van der Waals surface area contributed by atoms with Crippen LogP contribution in [0.4, 0.5) is 0 Å². The highest BCUT2D eigenvalue weighted by atomic mass is 32.1. The number of hydrogen-bond acceptors (Lipinski definition) is 2. The van der Waals surface area contributed by atoms with Crippen LogP contribution in [0.25, 0.3) is 10.1 Å². The van der Waals surface area contributed by atoms with Crippen molar-refractivity contribution in [1.29, 1.82) is 0 Å². The van der Waals surface area contributed by atoms with Gasteiger partial charge in [-0.1, -0.05) is 26.8 Å². The molecule has 1 heterocycles. The molecular weight excluding hydrogens is 250 g/mol. The van der Waals surface area contributed by atoms with Crippen molar-refractivity contribution in [2.24, 2.45) is 5.92 Å². The maximum absolute atomic E-state index is 3.48. The quantitative estimate of drug-likeness (QED) is 0.824. The van der Waals surface area contributed by atoms with Gasteiger partial charge in [-0.05, 0) is 60.9 Å². The zero-order valence-corrected chi connectivity index (χ0v) is 13.6. The molecule has 0 bridgehead atoms. The number of nitrogens with one attached hydrogen (secondary N) is 1. The molecule has 104 valence electrons. The Balaban J connectivity index is 2.52. The third-order valence-corrected chi connectivity index (χ3v) is 4.83. The van der Waals surface area contributed by atoms with Crippen molar-refractivity contribution in [2.45, 2.75) is 47.6 Å². The van der Waals surface area contributed by atoms with Crippen LogP contribution < -0.4 is 5.32 Å². The summed E-state index contributed by atoms with van der Waals surface area (Å²) < 4.78 is 1.45. The van der Waals surface area contributed by atoms with Crippen molar-refractivity contribution >= 4 is 21.4 Å². The van der Waals surface area contributed by atoms with E-state index in [0.29, 0.717) is 5.92 Å².